The Morgan fingerprint density at radius 3 is 2.37 bits per heavy atom. The Labute approximate surface area is 172 Å². The fourth-order valence-electron chi connectivity index (χ4n) is 3.33. The van der Waals surface area contributed by atoms with Crippen molar-refractivity contribution in [3.05, 3.63) is 59.9 Å². The van der Waals surface area contributed by atoms with Gasteiger partial charge >= 0.3 is 0 Å². The SMILES string of the molecule is O=C(CCc1nc(-c2ccco2)no1)N1CCN(C(=O)Cc2ccc(F)cc2)CC1. The Hall–Kier alpha value is -3.49. The third kappa shape index (κ3) is 4.73. The normalized spacial score (nSPS) is 14.2. The van der Waals surface area contributed by atoms with E-state index in [1.165, 1.54) is 18.4 Å². The van der Waals surface area contributed by atoms with Gasteiger partial charge in [0.1, 0.15) is 5.82 Å². The lowest BCUT2D eigenvalue weighted by Gasteiger charge is -2.35. The largest absolute Gasteiger partial charge is 0.461 e. The van der Waals surface area contributed by atoms with Crippen molar-refractivity contribution in [1.82, 2.24) is 19.9 Å². The van der Waals surface area contributed by atoms with Gasteiger partial charge < -0.3 is 18.7 Å². The van der Waals surface area contributed by atoms with E-state index in [4.69, 9.17) is 8.94 Å². The Bertz CT molecular complexity index is 992. The Morgan fingerprint density at radius 2 is 1.70 bits per heavy atom. The van der Waals surface area contributed by atoms with Crippen LogP contribution in [-0.2, 0) is 22.4 Å². The highest BCUT2D eigenvalue weighted by Gasteiger charge is 2.24. The first-order chi connectivity index (χ1) is 14.6. The molecule has 3 aromatic rings. The highest BCUT2D eigenvalue weighted by Crippen LogP contribution is 2.17. The summed E-state index contributed by atoms with van der Waals surface area (Å²) in [5.74, 6) is 0.885. The van der Waals surface area contributed by atoms with E-state index in [1.807, 2.05) is 0 Å². The van der Waals surface area contributed by atoms with E-state index in [-0.39, 0.29) is 30.5 Å². The van der Waals surface area contributed by atoms with Crippen LogP contribution in [-0.4, -0.2) is 57.9 Å². The maximum atomic E-state index is 13.0. The van der Waals surface area contributed by atoms with Gasteiger partial charge in [-0.25, -0.2) is 4.39 Å². The molecule has 156 valence electrons. The molecule has 0 radical (unpaired) electrons. The predicted molar refractivity (Wildman–Crippen MR) is 104 cm³/mol. The van der Waals surface area contributed by atoms with Crippen LogP contribution < -0.4 is 0 Å². The molecule has 1 saturated heterocycles. The molecule has 4 rings (SSSR count). The lowest BCUT2D eigenvalue weighted by Crippen LogP contribution is -2.51. The molecule has 0 unspecified atom stereocenters. The van der Waals surface area contributed by atoms with E-state index in [0.29, 0.717) is 50.1 Å². The van der Waals surface area contributed by atoms with E-state index >= 15 is 0 Å². The minimum Gasteiger partial charge on any atom is -0.461 e. The fourth-order valence-corrected chi connectivity index (χ4v) is 3.33. The monoisotopic (exact) mass is 412 g/mol. The van der Waals surface area contributed by atoms with Crippen LogP contribution in [0.5, 0.6) is 0 Å². The molecule has 0 saturated carbocycles. The number of hydrogen-bond donors (Lipinski definition) is 0. The maximum absolute atomic E-state index is 13.0. The zero-order chi connectivity index (χ0) is 20.9. The number of rotatable bonds is 6. The van der Waals surface area contributed by atoms with Gasteiger partial charge in [-0.3, -0.25) is 9.59 Å². The van der Waals surface area contributed by atoms with Crippen LogP contribution in [0.2, 0.25) is 0 Å². The number of carbonyl (C=O) groups excluding carboxylic acids is 2. The molecule has 1 aliphatic rings. The zero-order valence-electron chi connectivity index (χ0n) is 16.3. The lowest BCUT2D eigenvalue weighted by atomic mass is 10.1. The highest BCUT2D eigenvalue weighted by atomic mass is 19.1. The predicted octanol–water partition coefficient (Wildman–Crippen LogP) is 2.31. The Balaban J connectivity index is 1.22. The number of carbonyl (C=O) groups is 2. The molecular weight excluding hydrogens is 391 g/mol. The quantitative estimate of drug-likeness (QED) is 0.617. The molecule has 1 fully saturated rings. The number of hydrogen-bond acceptors (Lipinski definition) is 6. The number of aromatic nitrogens is 2. The first-order valence-corrected chi connectivity index (χ1v) is 9.75. The average Bonchev–Trinajstić information content (AvgIpc) is 3.45. The third-order valence-electron chi connectivity index (χ3n) is 5.02. The van der Waals surface area contributed by atoms with Gasteiger partial charge in [0, 0.05) is 39.0 Å². The van der Waals surface area contributed by atoms with Crippen LogP contribution in [0, 0.1) is 5.82 Å². The molecule has 0 N–H and O–H groups in total. The van der Waals surface area contributed by atoms with Crippen LogP contribution in [0.25, 0.3) is 11.6 Å². The molecule has 0 aliphatic carbocycles. The van der Waals surface area contributed by atoms with Crippen molar-refractivity contribution in [2.75, 3.05) is 26.2 Å². The van der Waals surface area contributed by atoms with Crippen molar-refractivity contribution >= 4 is 11.8 Å². The van der Waals surface area contributed by atoms with E-state index in [9.17, 15) is 14.0 Å². The van der Waals surface area contributed by atoms with Crippen molar-refractivity contribution in [2.45, 2.75) is 19.3 Å². The van der Waals surface area contributed by atoms with Crippen LogP contribution >= 0.6 is 0 Å². The van der Waals surface area contributed by atoms with Gasteiger partial charge in [-0.2, -0.15) is 4.98 Å². The summed E-state index contributed by atoms with van der Waals surface area (Å²) in [6, 6.07) is 9.39. The molecule has 1 aromatic carbocycles. The summed E-state index contributed by atoms with van der Waals surface area (Å²) in [7, 11) is 0. The van der Waals surface area contributed by atoms with Gasteiger partial charge in [0.05, 0.1) is 12.7 Å². The van der Waals surface area contributed by atoms with Gasteiger partial charge in [-0.15, -0.1) is 0 Å². The summed E-state index contributed by atoms with van der Waals surface area (Å²) in [5.41, 5.74) is 0.772. The van der Waals surface area contributed by atoms with Crippen molar-refractivity contribution in [2.24, 2.45) is 0 Å². The van der Waals surface area contributed by atoms with Crippen LogP contribution in [0.1, 0.15) is 17.9 Å². The first kappa shape index (κ1) is 19.8. The van der Waals surface area contributed by atoms with Crippen LogP contribution in [0.4, 0.5) is 4.39 Å². The lowest BCUT2D eigenvalue weighted by molar-refractivity contribution is -0.139. The standard InChI is InChI=1S/C21H21FN4O4/c22-16-5-3-15(4-6-16)14-20(28)26-11-9-25(10-12-26)19(27)8-7-18-23-21(24-30-18)17-2-1-13-29-17/h1-6,13H,7-12,14H2. The number of amides is 2. The number of benzene rings is 1. The van der Waals surface area contributed by atoms with Gasteiger partial charge in [0.25, 0.3) is 0 Å². The molecule has 2 amide bonds. The van der Waals surface area contributed by atoms with Gasteiger partial charge in [0.15, 0.2) is 5.76 Å². The minimum atomic E-state index is -0.323. The summed E-state index contributed by atoms with van der Waals surface area (Å²) in [4.78, 5) is 32.6. The van der Waals surface area contributed by atoms with Crippen molar-refractivity contribution < 1.29 is 22.9 Å². The summed E-state index contributed by atoms with van der Waals surface area (Å²) >= 11 is 0. The summed E-state index contributed by atoms with van der Waals surface area (Å²) in [6.45, 7) is 1.93. The average molecular weight is 412 g/mol. The topological polar surface area (TPSA) is 92.7 Å². The van der Waals surface area contributed by atoms with E-state index in [0.717, 1.165) is 5.56 Å². The van der Waals surface area contributed by atoms with E-state index in [2.05, 4.69) is 10.1 Å². The first-order valence-electron chi connectivity index (χ1n) is 9.75. The summed E-state index contributed by atoms with van der Waals surface area (Å²) < 4.78 is 23.4. The smallest absolute Gasteiger partial charge is 0.238 e. The minimum absolute atomic E-state index is 0.0154. The van der Waals surface area contributed by atoms with E-state index < -0.39 is 0 Å². The Kier molecular flexibility index (Phi) is 5.87. The van der Waals surface area contributed by atoms with Crippen molar-refractivity contribution in [3.63, 3.8) is 0 Å². The highest BCUT2D eigenvalue weighted by molar-refractivity contribution is 5.80. The molecule has 30 heavy (non-hydrogen) atoms. The number of furan rings is 1. The van der Waals surface area contributed by atoms with Gasteiger partial charge in [-0.05, 0) is 29.8 Å². The third-order valence-corrected chi connectivity index (χ3v) is 5.02. The molecule has 9 heteroatoms. The molecule has 0 bridgehead atoms. The molecule has 2 aromatic heterocycles. The number of aryl methyl sites for hydroxylation is 1. The van der Waals surface area contributed by atoms with Crippen LogP contribution in [0.3, 0.4) is 0 Å². The van der Waals surface area contributed by atoms with E-state index in [1.54, 1.807) is 34.1 Å². The molecule has 1 aliphatic heterocycles. The molecule has 0 atom stereocenters. The Morgan fingerprint density at radius 1 is 1.00 bits per heavy atom. The maximum Gasteiger partial charge on any atom is 0.238 e. The summed E-state index contributed by atoms with van der Waals surface area (Å²) in [5, 5.41) is 3.85. The number of piperazine rings is 1. The molecule has 3 heterocycles. The van der Waals surface area contributed by atoms with Gasteiger partial charge in [0.2, 0.25) is 23.5 Å². The van der Waals surface area contributed by atoms with Gasteiger partial charge in [-0.1, -0.05) is 17.3 Å². The molecule has 8 nitrogen and oxygen atoms in total. The fraction of sp³-hybridized carbons (Fsp3) is 0.333. The van der Waals surface area contributed by atoms with Crippen LogP contribution in [0.15, 0.2) is 51.6 Å². The number of nitrogens with zero attached hydrogens (tertiary/aromatic N) is 4. The number of halogens is 1. The second kappa shape index (κ2) is 8.89. The molecular formula is C21H21FN4O4. The van der Waals surface area contributed by atoms with Crippen molar-refractivity contribution in [3.8, 4) is 11.6 Å². The second-order valence-electron chi connectivity index (χ2n) is 7.05. The second-order valence-corrected chi connectivity index (χ2v) is 7.05. The summed E-state index contributed by atoms with van der Waals surface area (Å²) in [6.07, 6.45) is 2.35. The zero-order valence-corrected chi connectivity index (χ0v) is 16.3. The van der Waals surface area contributed by atoms with Crippen molar-refractivity contribution in [1.29, 1.82) is 0 Å². The molecule has 0 spiro atoms.